The van der Waals surface area contributed by atoms with Crippen LogP contribution in [-0.4, -0.2) is 28.4 Å². The second-order valence-electron chi connectivity index (χ2n) is 6.97. The number of carbonyl (C=O) groups excluding carboxylic acids is 2. The van der Waals surface area contributed by atoms with E-state index >= 15 is 0 Å². The number of halogens is 2. The fourth-order valence-corrected chi connectivity index (χ4v) is 2.12. The van der Waals surface area contributed by atoms with E-state index in [-0.39, 0.29) is 10.8 Å². The molecule has 7 nitrogen and oxygen atoms in total. The average Bonchev–Trinajstić information content (AvgIpc) is 2.31. The fraction of sp³-hybridized carbons (Fsp3) is 0.533. The highest BCUT2D eigenvalue weighted by molar-refractivity contribution is 14.1. The third-order valence-corrected chi connectivity index (χ3v) is 3.44. The smallest absolute Gasteiger partial charge is 0.425 e. The van der Waals surface area contributed by atoms with Crippen LogP contribution in [0.5, 0.6) is 0 Å². The first-order valence-corrected chi connectivity index (χ1v) is 8.54. The van der Waals surface area contributed by atoms with Crippen molar-refractivity contribution in [3.05, 3.63) is 14.8 Å². The van der Waals surface area contributed by atoms with E-state index in [1.165, 1.54) is 6.07 Å². The molecule has 0 radical (unpaired) electrons. The van der Waals surface area contributed by atoms with E-state index in [1.54, 1.807) is 41.5 Å². The first-order valence-electron chi connectivity index (χ1n) is 7.09. The Balaban J connectivity index is 3.36. The molecule has 0 aliphatic heterocycles. The van der Waals surface area contributed by atoms with Gasteiger partial charge >= 0.3 is 12.2 Å². The summed E-state index contributed by atoms with van der Waals surface area (Å²) >= 11 is 8.00. The topological polar surface area (TPSA) is 94.8 Å². The van der Waals surface area contributed by atoms with Crippen LogP contribution in [0.1, 0.15) is 41.5 Å². The second-order valence-corrected chi connectivity index (χ2v) is 8.40. The summed E-state index contributed by atoms with van der Waals surface area (Å²) in [6, 6.07) is 1.41. The summed E-state index contributed by atoms with van der Waals surface area (Å²) in [6.45, 7) is 10.1. The van der Waals surface area contributed by atoms with Gasteiger partial charge in [-0.3, -0.25) is 0 Å². The SMILES string of the molecule is CC(C)(C)OC(=O)N(C(=O)OC(C)(C)C)c1nc(I)c(N)cc1Cl. The number of aromatic nitrogens is 1. The highest BCUT2D eigenvalue weighted by Crippen LogP contribution is 2.30. The van der Waals surface area contributed by atoms with Crippen molar-refractivity contribution in [1.29, 1.82) is 0 Å². The Morgan fingerprint density at radius 3 is 1.92 bits per heavy atom. The summed E-state index contributed by atoms with van der Waals surface area (Å²) < 4.78 is 10.9. The maximum Gasteiger partial charge on any atom is 0.425 e. The van der Waals surface area contributed by atoms with Crippen molar-refractivity contribution in [2.45, 2.75) is 52.7 Å². The van der Waals surface area contributed by atoms with Crippen molar-refractivity contribution < 1.29 is 19.1 Å². The summed E-state index contributed by atoms with van der Waals surface area (Å²) in [6.07, 6.45) is -1.88. The molecule has 0 atom stereocenters. The molecule has 0 unspecified atom stereocenters. The molecule has 2 amide bonds. The summed E-state index contributed by atoms with van der Waals surface area (Å²) in [5.74, 6) is -0.0984. The van der Waals surface area contributed by atoms with E-state index in [0.29, 0.717) is 14.3 Å². The maximum absolute atomic E-state index is 12.5. The second kappa shape index (κ2) is 7.30. The number of anilines is 2. The standard InChI is InChI=1S/C15H21ClIN3O4/c1-14(2,3)23-12(21)20(13(22)24-15(4,5)6)11-8(16)7-9(18)10(17)19-11/h7H,18H2,1-6H3. The summed E-state index contributed by atoms with van der Waals surface area (Å²) in [5.41, 5.74) is 4.44. The molecular formula is C15H21ClIN3O4. The lowest BCUT2D eigenvalue weighted by Crippen LogP contribution is -2.44. The molecule has 0 spiro atoms. The molecule has 0 saturated carbocycles. The number of imide groups is 1. The number of nitrogens with zero attached hydrogens (tertiary/aromatic N) is 2. The zero-order valence-electron chi connectivity index (χ0n) is 14.4. The third-order valence-electron chi connectivity index (χ3n) is 2.30. The Hall–Kier alpha value is -1.29. The molecule has 24 heavy (non-hydrogen) atoms. The van der Waals surface area contributed by atoms with Crippen molar-refractivity contribution in [2.24, 2.45) is 0 Å². The minimum Gasteiger partial charge on any atom is -0.443 e. The van der Waals surface area contributed by atoms with Crippen molar-refractivity contribution >= 4 is 57.9 Å². The quantitative estimate of drug-likeness (QED) is 0.477. The fourth-order valence-electron chi connectivity index (χ4n) is 1.49. The van der Waals surface area contributed by atoms with Gasteiger partial charge in [-0.25, -0.2) is 14.6 Å². The summed E-state index contributed by atoms with van der Waals surface area (Å²) in [7, 11) is 0. The Labute approximate surface area is 160 Å². The molecular weight excluding hydrogens is 449 g/mol. The van der Waals surface area contributed by atoms with Crippen molar-refractivity contribution in [3.8, 4) is 0 Å². The zero-order chi connectivity index (χ0) is 18.9. The lowest BCUT2D eigenvalue weighted by atomic mass is 10.2. The van der Waals surface area contributed by atoms with E-state index in [4.69, 9.17) is 26.8 Å². The lowest BCUT2D eigenvalue weighted by molar-refractivity contribution is 0.0429. The molecule has 0 aromatic carbocycles. The first-order chi connectivity index (χ1) is 10.7. The van der Waals surface area contributed by atoms with Gasteiger partial charge < -0.3 is 15.2 Å². The zero-order valence-corrected chi connectivity index (χ0v) is 17.4. The van der Waals surface area contributed by atoms with Crippen LogP contribution in [0, 0.1) is 3.70 Å². The average molecular weight is 470 g/mol. The predicted octanol–water partition coefficient (Wildman–Crippen LogP) is 4.60. The van der Waals surface area contributed by atoms with Crippen molar-refractivity contribution in [3.63, 3.8) is 0 Å². The van der Waals surface area contributed by atoms with Crippen LogP contribution in [0.3, 0.4) is 0 Å². The molecule has 2 N–H and O–H groups in total. The Morgan fingerprint density at radius 2 is 1.54 bits per heavy atom. The van der Waals surface area contributed by atoms with Gasteiger partial charge in [-0.05, 0) is 70.2 Å². The number of hydrogen-bond acceptors (Lipinski definition) is 6. The van der Waals surface area contributed by atoms with Gasteiger partial charge in [0.2, 0.25) is 0 Å². The predicted molar refractivity (Wildman–Crippen MR) is 101 cm³/mol. The number of pyridine rings is 1. The van der Waals surface area contributed by atoms with Gasteiger partial charge in [-0.2, -0.15) is 4.90 Å². The van der Waals surface area contributed by atoms with Gasteiger partial charge in [-0.1, -0.05) is 11.6 Å². The minimum atomic E-state index is -0.938. The van der Waals surface area contributed by atoms with Gasteiger partial charge in [0.1, 0.15) is 14.9 Å². The Bertz CT molecular complexity index is 625. The van der Waals surface area contributed by atoms with Gasteiger partial charge in [-0.15, -0.1) is 0 Å². The first kappa shape index (κ1) is 20.8. The number of rotatable bonds is 1. The molecule has 134 valence electrons. The van der Waals surface area contributed by atoms with Crippen LogP contribution in [0.15, 0.2) is 6.07 Å². The van der Waals surface area contributed by atoms with Gasteiger partial charge in [0.25, 0.3) is 0 Å². The third kappa shape index (κ3) is 5.97. The molecule has 9 heteroatoms. The van der Waals surface area contributed by atoms with Crippen LogP contribution >= 0.6 is 34.2 Å². The monoisotopic (exact) mass is 469 g/mol. The molecule has 0 aliphatic rings. The number of ether oxygens (including phenoxy) is 2. The number of nitrogen functional groups attached to an aromatic ring is 1. The van der Waals surface area contributed by atoms with Crippen LogP contribution in [0.2, 0.25) is 5.02 Å². The Kier molecular flexibility index (Phi) is 6.31. The molecule has 1 aromatic heterocycles. The molecule has 1 rings (SSSR count). The van der Waals surface area contributed by atoms with Crippen LogP contribution in [0.25, 0.3) is 0 Å². The molecule has 1 aromatic rings. The lowest BCUT2D eigenvalue weighted by Gasteiger charge is -2.28. The molecule has 1 heterocycles. The summed E-state index contributed by atoms with van der Waals surface area (Å²) in [4.78, 5) is 29.8. The Morgan fingerprint density at radius 1 is 1.12 bits per heavy atom. The van der Waals surface area contributed by atoms with Crippen LogP contribution in [-0.2, 0) is 9.47 Å². The van der Waals surface area contributed by atoms with Crippen molar-refractivity contribution in [1.82, 2.24) is 4.98 Å². The number of carbonyl (C=O) groups is 2. The number of hydrogen-bond donors (Lipinski definition) is 1. The van der Waals surface area contributed by atoms with E-state index in [2.05, 4.69) is 4.98 Å². The van der Waals surface area contributed by atoms with Crippen LogP contribution < -0.4 is 10.6 Å². The largest absolute Gasteiger partial charge is 0.443 e. The highest BCUT2D eigenvalue weighted by Gasteiger charge is 2.35. The van der Waals surface area contributed by atoms with Crippen LogP contribution in [0.4, 0.5) is 21.1 Å². The van der Waals surface area contributed by atoms with Gasteiger partial charge in [0.15, 0.2) is 5.82 Å². The maximum atomic E-state index is 12.5. The van der Waals surface area contributed by atoms with Crippen molar-refractivity contribution in [2.75, 3.05) is 10.6 Å². The summed E-state index contributed by atoms with van der Waals surface area (Å²) in [5, 5.41) is 0.0321. The van der Waals surface area contributed by atoms with E-state index in [0.717, 1.165) is 0 Å². The van der Waals surface area contributed by atoms with Gasteiger partial charge in [0.05, 0.1) is 10.7 Å². The molecule has 0 fully saturated rings. The number of amides is 2. The highest BCUT2D eigenvalue weighted by atomic mass is 127. The normalized spacial score (nSPS) is 11.8. The minimum absolute atomic E-state index is 0.0321. The molecule has 0 aliphatic carbocycles. The van der Waals surface area contributed by atoms with E-state index in [9.17, 15) is 9.59 Å². The van der Waals surface area contributed by atoms with Gasteiger partial charge in [0, 0.05) is 0 Å². The van der Waals surface area contributed by atoms with E-state index < -0.39 is 23.4 Å². The number of nitrogens with two attached hydrogens (primary N) is 1. The molecule has 0 saturated heterocycles. The molecule has 0 bridgehead atoms. The van der Waals surface area contributed by atoms with E-state index in [1.807, 2.05) is 22.6 Å².